The number of rotatable bonds is 4. The van der Waals surface area contributed by atoms with Crippen LogP contribution >= 0.6 is 11.3 Å². The summed E-state index contributed by atoms with van der Waals surface area (Å²) < 4.78 is 26.7. The summed E-state index contributed by atoms with van der Waals surface area (Å²) in [6, 6.07) is 8.22. The van der Waals surface area contributed by atoms with E-state index in [1.807, 2.05) is 7.05 Å². The van der Waals surface area contributed by atoms with Crippen molar-refractivity contribution in [2.24, 2.45) is 0 Å². The number of sulfonamides is 1. The molecule has 0 aliphatic carbocycles. The number of anilines is 1. The van der Waals surface area contributed by atoms with Gasteiger partial charge in [0.05, 0.1) is 10.5 Å². The molecular weight excluding hydrogens is 408 g/mol. The quantitative estimate of drug-likeness (QED) is 0.805. The molecule has 7 nitrogen and oxygen atoms in total. The zero-order valence-corrected chi connectivity index (χ0v) is 17.8. The van der Waals surface area contributed by atoms with E-state index in [-0.39, 0.29) is 10.8 Å². The third kappa shape index (κ3) is 3.81. The Morgan fingerprint density at radius 2 is 1.86 bits per heavy atom. The lowest BCUT2D eigenvalue weighted by molar-refractivity contribution is 0.102. The summed E-state index contributed by atoms with van der Waals surface area (Å²) in [5, 5.41) is 13.0. The Kier molecular flexibility index (Phi) is 5.44. The highest BCUT2D eigenvalue weighted by atomic mass is 32.2. The van der Waals surface area contributed by atoms with Gasteiger partial charge in [-0.3, -0.25) is 4.79 Å². The SMILES string of the molecule is CN1CCc2c(sc(NC(=O)c3ccc(S(=O)(=O)N4CCCC4)cc3)c2C#N)C1. The van der Waals surface area contributed by atoms with E-state index in [0.29, 0.717) is 29.2 Å². The third-order valence-electron chi connectivity index (χ3n) is 5.41. The minimum absolute atomic E-state index is 0.197. The maximum Gasteiger partial charge on any atom is 0.256 e. The van der Waals surface area contributed by atoms with E-state index in [1.54, 1.807) is 0 Å². The summed E-state index contributed by atoms with van der Waals surface area (Å²) in [7, 11) is -1.47. The predicted molar refractivity (Wildman–Crippen MR) is 111 cm³/mol. The maximum atomic E-state index is 12.7. The third-order valence-corrected chi connectivity index (χ3v) is 8.45. The van der Waals surface area contributed by atoms with Gasteiger partial charge in [-0.25, -0.2) is 8.42 Å². The monoisotopic (exact) mass is 430 g/mol. The van der Waals surface area contributed by atoms with Gasteiger partial charge in [-0.1, -0.05) is 0 Å². The lowest BCUT2D eigenvalue weighted by Gasteiger charge is -2.21. The van der Waals surface area contributed by atoms with Crippen LogP contribution in [0.2, 0.25) is 0 Å². The van der Waals surface area contributed by atoms with Crippen molar-refractivity contribution < 1.29 is 13.2 Å². The number of amides is 1. The lowest BCUT2D eigenvalue weighted by Crippen LogP contribution is -2.27. The van der Waals surface area contributed by atoms with Gasteiger partial charge >= 0.3 is 0 Å². The average molecular weight is 431 g/mol. The van der Waals surface area contributed by atoms with Crippen molar-refractivity contribution >= 4 is 32.3 Å². The number of nitrogens with one attached hydrogen (secondary N) is 1. The van der Waals surface area contributed by atoms with Gasteiger partial charge in [0.25, 0.3) is 5.91 Å². The number of likely N-dealkylation sites (N-methyl/N-ethyl adjacent to an activating group) is 1. The Morgan fingerprint density at radius 1 is 1.17 bits per heavy atom. The van der Waals surface area contributed by atoms with Crippen molar-refractivity contribution in [3.8, 4) is 6.07 Å². The van der Waals surface area contributed by atoms with Crippen molar-refractivity contribution in [1.82, 2.24) is 9.21 Å². The van der Waals surface area contributed by atoms with Gasteiger partial charge in [-0.15, -0.1) is 11.3 Å². The van der Waals surface area contributed by atoms with Crippen LogP contribution in [0.1, 0.15) is 39.2 Å². The molecule has 1 fully saturated rings. The Labute approximate surface area is 174 Å². The highest BCUT2D eigenvalue weighted by Gasteiger charge is 2.27. The number of nitrogens with zero attached hydrogens (tertiary/aromatic N) is 3. The van der Waals surface area contributed by atoms with E-state index in [9.17, 15) is 18.5 Å². The molecule has 0 unspecified atom stereocenters. The minimum Gasteiger partial charge on any atom is -0.312 e. The molecule has 0 saturated carbocycles. The molecule has 4 rings (SSSR count). The standard InChI is InChI=1S/C20H22N4O3S2/c1-23-11-8-16-17(12-21)20(28-18(16)13-23)22-19(25)14-4-6-15(7-5-14)29(26,27)24-9-2-3-10-24/h4-7H,2-3,8-11,13H2,1H3,(H,22,25). The molecule has 1 aromatic heterocycles. The summed E-state index contributed by atoms with van der Waals surface area (Å²) in [4.78, 5) is 16.2. The first kappa shape index (κ1) is 20.0. The second kappa shape index (κ2) is 7.88. The van der Waals surface area contributed by atoms with Gasteiger partial charge in [-0.2, -0.15) is 9.57 Å². The molecule has 152 valence electrons. The zero-order valence-electron chi connectivity index (χ0n) is 16.1. The minimum atomic E-state index is -3.50. The second-order valence-corrected chi connectivity index (χ2v) is 10.4. The van der Waals surface area contributed by atoms with Crippen LogP contribution in [0.4, 0.5) is 5.00 Å². The molecule has 9 heteroatoms. The normalized spacial score (nSPS) is 17.7. The molecule has 2 aromatic rings. The van der Waals surface area contributed by atoms with Crippen LogP contribution in [0.3, 0.4) is 0 Å². The van der Waals surface area contributed by atoms with E-state index in [1.165, 1.54) is 39.9 Å². The van der Waals surface area contributed by atoms with Crippen LogP contribution < -0.4 is 5.32 Å². The molecular formula is C20H22N4O3S2. The molecule has 1 amide bonds. The summed E-state index contributed by atoms with van der Waals surface area (Å²) >= 11 is 1.44. The molecule has 0 bridgehead atoms. The average Bonchev–Trinajstić information content (AvgIpc) is 3.35. The summed E-state index contributed by atoms with van der Waals surface area (Å²) in [5.41, 5.74) is 1.93. The van der Waals surface area contributed by atoms with Gasteiger partial charge in [0.15, 0.2) is 0 Å². The first-order chi connectivity index (χ1) is 13.9. The van der Waals surface area contributed by atoms with Crippen molar-refractivity contribution in [3.05, 3.63) is 45.8 Å². The number of benzene rings is 1. The number of thiophene rings is 1. The van der Waals surface area contributed by atoms with Gasteiger partial charge in [0, 0.05) is 36.6 Å². The van der Waals surface area contributed by atoms with Gasteiger partial charge in [0.2, 0.25) is 10.0 Å². The maximum absolute atomic E-state index is 12.7. The fourth-order valence-electron chi connectivity index (χ4n) is 3.77. The van der Waals surface area contributed by atoms with Crippen LogP contribution in [0, 0.1) is 11.3 Å². The lowest BCUT2D eigenvalue weighted by atomic mass is 10.0. The van der Waals surface area contributed by atoms with Crippen molar-refractivity contribution in [1.29, 1.82) is 5.26 Å². The number of hydrogen-bond donors (Lipinski definition) is 1. The van der Waals surface area contributed by atoms with Crippen molar-refractivity contribution in [2.75, 3.05) is 32.0 Å². The van der Waals surface area contributed by atoms with Gasteiger partial charge < -0.3 is 10.2 Å². The molecule has 1 aromatic carbocycles. The fourth-order valence-corrected chi connectivity index (χ4v) is 6.56. The number of carbonyl (C=O) groups excluding carboxylic acids is 1. The van der Waals surface area contributed by atoms with E-state index < -0.39 is 10.0 Å². The Hall–Kier alpha value is -2.25. The van der Waals surface area contributed by atoms with Crippen LogP contribution in [0.25, 0.3) is 0 Å². The smallest absolute Gasteiger partial charge is 0.256 e. The van der Waals surface area contributed by atoms with Gasteiger partial charge in [-0.05, 0) is 56.1 Å². The number of hydrogen-bond acceptors (Lipinski definition) is 6. The zero-order chi connectivity index (χ0) is 20.6. The van der Waals surface area contributed by atoms with Crippen molar-refractivity contribution in [3.63, 3.8) is 0 Å². The number of fused-ring (bicyclic) bond motifs is 1. The van der Waals surface area contributed by atoms with Crippen LogP contribution in [-0.4, -0.2) is 50.2 Å². The Morgan fingerprint density at radius 3 is 2.52 bits per heavy atom. The summed E-state index contributed by atoms with van der Waals surface area (Å²) in [6.07, 6.45) is 2.55. The molecule has 0 atom stereocenters. The molecule has 2 aliphatic heterocycles. The summed E-state index contributed by atoms with van der Waals surface area (Å²) in [6.45, 7) is 2.74. The van der Waals surface area contributed by atoms with E-state index >= 15 is 0 Å². The van der Waals surface area contributed by atoms with Crippen molar-refractivity contribution in [2.45, 2.75) is 30.7 Å². The Bertz CT molecular complexity index is 1080. The fraction of sp³-hybridized carbons (Fsp3) is 0.400. The first-order valence-electron chi connectivity index (χ1n) is 9.55. The van der Waals surface area contributed by atoms with E-state index in [0.717, 1.165) is 42.8 Å². The largest absolute Gasteiger partial charge is 0.312 e. The second-order valence-electron chi connectivity index (χ2n) is 7.40. The molecule has 3 heterocycles. The molecule has 2 aliphatic rings. The van der Waals surface area contributed by atoms with Crippen LogP contribution in [0.5, 0.6) is 0 Å². The molecule has 0 spiro atoms. The predicted octanol–water partition coefficient (Wildman–Crippen LogP) is 2.64. The topological polar surface area (TPSA) is 93.5 Å². The van der Waals surface area contributed by atoms with E-state index in [4.69, 9.17) is 0 Å². The molecule has 1 saturated heterocycles. The highest BCUT2D eigenvalue weighted by Crippen LogP contribution is 2.36. The number of nitriles is 1. The molecule has 1 N–H and O–H groups in total. The summed E-state index contributed by atoms with van der Waals surface area (Å²) in [5.74, 6) is -0.349. The Balaban J connectivity index is 1.53. The van der Waals surface area contributed by atoms with Crippen LogP contribution in [-0.2, 0) is 23.0 Å². The van der Waals surface area contributed by atoms with Crippen LogP contribution in [0.15, 0.2) is 29.2 Å². The van der Waals surface area contributed by atoms with E-state index in [2.05, 4.69) is 16.3 Å². The highest BCUT2D eigenvalue weighted by molar-refractivity contribution is 7.89. The first-order valence-corrected chi connectivity index (χ1v) is 11.8. The molecule has 29 heavy (non-hydrogen) atoms. The number of carbonyl (C=O) groups is 1. The molecule has 0 radical (unpaired) electrons. The van der Waals surface area contributed by atoms with Gasteiger partial charge in [0.1, 0.15) is 11.1 Å².